The summed E-state index contributed by atoms with van der Waals surface area (Å²) >= 11 is 0. The monoisotopic (exact) mass is 153 g/mol. The van der Waals surface area contributed by atoms with Gasteiger partial charge in [-0.1, -0.05) is 31.2 Å². The van der Waals surface area contributed by atoms with Crippen LogP contribution in [0, 0.1) is 0 Å². The second-order valence-corrected chi connectivity index (χ2v) is 2.77. The van der Waals surface area contributed by atoms with Gasteiger partial charge in [0.1, 0.15) is 0 Å². The van der Waals surface area contributed by atoms with Crippen LogP contribution in [0.15, 0.2) is 24.3 Å². The summed E-state index contributed by atoms with van der Waals surface area (Å²) < 4.78 is 0. The van der Waals surface area contributed by atoms with Gasteiger partial charge in [0.25, 0.3) is 0 Å². The van der Waals surface area contributed by atoms with E-state index < -0.39 is 0 Å². The molecule has 0 spiro atoms. The van der Waals surface area contributed by atoms with Crippen molar-refractivity contribution < 1.29 is 0 Å². The van der Waals surface area contributed by atoms with E-state index in [4.69, 9.17) is 0 Å². The fourth-order valence-corrected chi connectivity index (χ4v) is 0.765. The quantitative estimate of drug-likeness (QED) is 0.456. The zero-order valence-electron chi connectivity index (χ0n) is 7.69. The molecule has 0 atom stereocenters. The van der Waals surface area contributed by atoms with Crippen LogP contribution in [0.4, 0.5) is 0 Å². The van der Waals surface area contributed by atoms with Crippen molar-refractivity contribution in [1.82, 2.24) is 5.32 Å². The normalized spacial score (nSPS) is 10.7. The Balaban J connectivity index is 3.10. The largest absolute Gasteiger partial charge is 0.317 e. The summed E-state index contributed by atoms with van der Waals surface area (Å²) in [5.74, 6) is 0. The van der Waals surface area contributed by atoms with Crippen LogP contribution in [-0.2, 0) is 0 Å². The fourth-order valence-electron chi connectivity index (χ4n) is 0.765. The topological polar surface area (TPSA) is 12.0 Å². The number of rotatable bonds is 6. The van der Waals surface area contributed by atoms with Crippen LogP contribution in [0.1, 0.15) is 26.7 Å². The molecule has 0 amide bonds. The molecule has 0 saturated heterocycles. The van der Waals surface area contributed by atoms with Gasteiger partial charge in [-0.25, -0.2) is 0 Å². The fraction of sp³-hybridized carbons (Fsp3) is 0.600. The summed E-state index contributed by atoms with van der Waals surface area (Å²) in [5, 5.41) is 3.26. The van der Waals surface area contributed by atoms with Crippen molar-refractivity contribution in [3.63, 3.8) is 0 Å². The zero-order valence-corrected chi connectivity index (χ0v) is 7.69. The van der Waals surface area contributed by atoms with E-state index in [1.165, 1.54) is 5.57 Å². The number of hydrogen-bond donors (Lipinski definition) is 1. The van der Waals surface area contributed by atoms with Gasteiger partial charge in [0.15, 0.2) is 0 Å². The van der Waals surface area contributed by atoms with Crippen molar-refractivity contribution in [3.8, 4) is 0 Å². The SMILES string of the molecule is C=C(C)CC=CCCNCC. The van der Waals surface area contributed by atoms with Crippen LogP contribution in [0.3, 0.4) is 0 Å². The third-order valence-electron chi connectivity index (χ3n) is 1.37. The Hall–Kier alpha value is -0.560. The molecule has 0 saturated carbocycles. The molecule has 0 bridgehead atoms. The van der Waals surface area contributed by atoms with Crippen molar-refractivity contribution in [3.05, 3.63) is 24.3 Å². The minimum absolute atomic E-state index is 1.02. The van der Waals surface area contributed by atoms with Crippen LogP contribution < -0.4 is 5.32 Å². The molecule has 64 valence electrons. The maximum Gasteiger partial charge on any atom is -0.00144 e. The van der Waals surface area contributed by atoms with Crippen molar-refractivity contribution in [2.45, 2.75) is 26.7 Å². The molecule has 0 aliphatic carbocycles. The molecule has 0 radical (unpaired) electrons. The van der Waals surface area contributed by atoms with Gasteiger partial charge < -0.3 is 5.32 Å². The second-order valence-electron chi connectivity index (χ2n) is 2.77. The minimum Gasteiger partial charge on any atom is -0.317 e. The molecule has 0 aromatic rings. The Morgan fingerprint density at radius 1 is 1.45 bits per heavy atom. The summed E-state index contributed by atoms with van der Waals surface area (Å²) in [5.41, 5.74) is 1.23. The van der Waals surface area contributed by atoms with Gasteiger partial charge in [0, 0.05) is 0 Å². The van der Waals surface area contributed by atoms with Gasteiger partial charge in [0.05, 0.1) is 0 Å². The first-order valence-corrected chi connectivity index (χ1v) is 4.27. The Bertz CT molecular complexity index is 125. The number of hydrogen-bond acceptors (Lipinski definition) is 1. The summed E-state index contributed by atoms with van der Waals surface area (Å²) in [7, 11) is 0. The summed E-state index contributed by atoms with van der Waals surface area (Å²) in [6, 6.07) is 0. The lowest BCUT2D eigenvalue weighted by atomic mass is 10.2. The summed E-state index contributed by atoms with van der Waals surface area (Å²) in [4.78, 5) is 0. The number of allylic oxidation sites excluding steroid dienone is 2. The predicted molar refractivity (Wildman–Crippen MR) is 51.7 cm³/mol. The second kappa shape index (κ2) is 7.55. The lowest BCUT2D eigenvalue weighted by molar-refractivity contribution is 0.726. The van der Waals surface area contributed by atoms with Gasteiger partial charge in [-0.3, -0.25) is 0 Å². The smallest absolute Gasteiger partial charge is 0.00144 e. The first kappa shape index (κ1) is 10.4. The van der Waals surface area contributed by atoms with E-state index in [9.17, 15) is 0 Å². The molecule has 1 N–H and O–H groups in total. The van der Waals surface area contributed by atoms with E-state index in [1.807, 2.05) is 0 Å². The highest BCUT2D eigenvalue weighted by molar-refractivity contribution is 4.98. The minimum atomic E-state index is 1.02. The first-order chi connectivity index (χ1) is 5.27. The molecule has 0 heterocycles. The van der Waals surface area contributed by atoms with Crippen LogP contribution in [-0.4, -0.2) is 13.1 Å². The van der Waals surface area contributed by atoms with Crippen molar-refractivity contribution in [1.29, 1.82) is 0 Å². The average molecular weight is 153 g/mol. The summed E-state index contributed by atoms with van der Waals surface area (Å²) in [6.45, 7) is 10.1. The molecule has 0 fully saturated rings. The lowest BCUT2D eigenvalue weighted by Crippen LogP contribution is -2.12. The molecule has 0 aliphatic heterocycles. The third kappa shape index (κ3) is 9.44. The summed E-state index contributed by atoms with van der Waals surface area (Å²) in [6.07, 6.45) is 6.53. The maximum absolute atomic E-state index is 3.82. The van der Waals surface area contributed by atoms with E-state index in [2.05, 4.69) is 37.9 Å². The molecule has 0 unspecified atom stereocenters. The Labute approximate surface area is 70.2 Å². The van der Waals surface area contributed by atoms with Crippen LogP contribution in [0.2, 0.25) is 0 Å². The van der Waals surface area contributed by atoms with E-state index in [0.29, 0.717) is 0 Å². The van der Waals surface area contributed by atoms with Gasteiger partial charge >= 0.3 is 0 Å². The molecule has 0 rings (SSSR count). The van der Waals surface area contributed by atoms with Crippen LogP contribution in [0.25, 0.3) is 0 Å². The van der Waals surface area contributed by atoms with Gasteiger partial charge in [-0.05, 0) is 32.9 Å². The third-order valence-corrected chi connectivity index (χ3v) is 1.37. The Kier molecular flexibility index (Phi) is 7.16. The number of nitrogens with one attached hydrogen (secondary N) is 1. The van der Waals surface area contributed by atoms with Crippen molar-refractivity contribution in [2.75, 3.05) is 13.1 Å². The van der Waals surface area contributed by atoms with Gasteiger partial charge in [-0.15, -0.1) is 0 Å². The average Bonchev–Trinajstić information content (AvgIpc) is 1.96. The predicted octanol–water partition coefficient (Wildman–Crippen LogP) is 2.51. The van der Waals surface area contributed by atoms with Crippen molar-refractivity contribution >= 4 is 0 Å². The molecular weight excluding hydrogens is 134 g/mol. The first-order valence-electron chi connectivity index (χ1n) is 4.27. The highest BCUT2D eigenvalue weighted by Gasteiger charge is 1.80. The Morgan fingerprint density at radius 3 is 2.73 bits per heavy atom. The van der Waals surface area contributed by atoms with E-state index in [1.54, 1.807) is 0 Å². The molecular formula is C10H19N. The van der Waals surface area contributed by atoms with E-state index in [0.717, 1.165) is 25.9 Å². The van der Waals surface area contributed by atoms with Crippen LogP contribution >= 0.6 is 0 Å². The zero-order chi connectivity index (χ0) is 8.53. The highest BCUT2D eigenvalue weighted by Crippen LogP contribution is 1.96. The molecule has 0 aromatic carbocycles. The highest BCUT2D eigenvalue weighted by atomic mass is 14.8. The van der Waals surface area contributed by atoms with E-state index in [-0.39, 0.29) is 0 Å². The van der Waals surface area contributed by atoms with E-state index >= 15 is 0 Å². The molecule has 0 aromatic heterocycles. The Morgan fingerprint density at radius 2 is 2.18 bits per heavy atom. The van der Waals surface area contributed by atoms with Crippen molar-refractivity contribution in [2.24, 2.45) is 0 Å². The van der Waals surface area contributed by atoms with Crippen LogP contribution in [0.5, 0.6) is 0 Å². The van der Waals surface area contributed by atoms with Gasteiger partial charge in [-0.2, -0.15) is 0 Å². The lowest BCUT2D eigenvalue weighted by Gasteiger charge is -1.95. The molecule has 11 heavy (non-hydrogen) atoms. The van der Waals surface area contributed by atoms with Gasteiger partial charge in [0.2, 0.25) is 0 Å². The molecule has 0 aliphatic rings. The standard InChI is InChI=1S/C10H19N/c1-4-11-9-7-5-6-8-10(2)3/h5-6,11H,2,4,7-9H2,1,3H3. The maximum atomic E-state index is 3.82. The molecule has 1 nitrogen and oxygen atoms in total. The molecule has 1 heteroatoms.